The van der Waals surface area contributed by atoms with Gasteiger partial charge in [0.2, 0.25) is 0 Å². The third-order valence-electron chi connectivity index (χ3n) is 4.53. The topological polar surface area (TPSA) is 67.6 Å². The van der Waals surface area contributed by atoms with Gasteiger partial charge in [-0.15, -0.1) is 0 Å². The minimum Gasteiger partial charge on any atom is -0.339 e. The molecule has 2 aromatic heterocycles. The van der Waals surface area contributed by atoms with E-state index in [4.69, 9.17) is 5.73 Å². The summed E-state index contributed by atoms with van der Waals surface area (Å²) >= 11 is 0. The van der Waals surface area contributed by atoms with Crippen LogP contribution in [0.4, 0.5) is 0 Å². The highest BCUT2D eigenvalue weighted by atomic mass is 15.0. The molecule has 0 aromatic carbocycles. The average Bonchev–Trinajstić information content (AvgIpc) is 2.83. The van der Waals surface area contributed by atoms with Crippen LogP contribution in [-0.2, 0) is 5.54 Å². The molecule has 1 aliphatic carbocycles. The minimum absolute atomic E-state index is 0.291. The molecule has 0 aliphatic heterocycles. The van der Waals surface area contributed by atoms with Gasteiger partial charge in [-0.1, -0.05) is 13.3 Å². The lowest BCUT2D eigenvalue weighted by molar-refractivity contribution is 0.223. The summed E-state index contributed by atoms with van der Waals surface area (Å²) in [5.74, 6) is 1.75. The smallest absolute Gasteiger partial charge is 0.178 e. The molecule has 4 heteroatoms. The fraction of sp³-hybridized carbons (Fsp3) is 0.600. The molecule has 102 valence electrons. The van der Waals surface area contributed by atoms with E-state index in [1.807, 2.05) is 19.1 Å². The van der Waals surface area contributed by atoms with Crippen molar-refractivity contribution < 1.29 is 0 Å². The summed E-state index contributed by atoms with van der Waals surface area (Å²) in [6, 6.07) is 4.04. The first-order chi connectivity index (χ1) is 9.10. The van der Waals surface area contributed by atoms with Crippen LogP contribution in [0.3, 0.4) is 0 Å². The molecule has 2 heterocycles. The SMILES string of the molecule is CCC1CCC(N)(c2nc3nc(C)ccc3[nH]2)CC1. The van der Waals surface area contributed by atoms with Gasteiger partial charge in [0, 0.05) is 5.69 Å². The van der Waals surface area contributed by atoms with E-state index < -0.39 is 0 Å². The molecule has 1 fully saturated rings. The lowest BCUT2D eigenvalue weighted by atomic mass is 9.76. The van der Waals surface area contributed by atoms with Crippen LogP contribution >= 0.6 is 0 Å². The molecule has 3 N–H and O–H groups in total. The van der Waals surface area contributed by atoms with E-state index in [9.17, 15) is 0 Å². The summed E-state index contributed by atoms with van der Waals surface area (Å²) in [6.07, 6.45) is 5.71. The van der Waals surface area contributed by atoms with Crippen molar-refractivity contribution >= 4 is 11.2 Å². The number of aromatic amines is 1. The predicted molar refractivity (Wildman–Crippen MR) is 76.7 cm³/mol. The van der Waals surface area contributed by atoms with E-state index in [-0.39, 0.29) is 5.54 Å². The molecule has 19 heavy (non-hydrogen) atoms. The highest BCUT2D eigenvalue weighted by molar-refractivity contribution is 5.70. The summed E-state index contributed by atoms with van der Waals surface area (Å²) in [7, 11) is 0. The van der Waals surface area contributed by atoms with Gasteiger partial charge in [-0.25, -0.2) is 9.97 Å². The van der Waals surface area contributed by atoms with E-state index >= 15 is 0 Å². The van der Waals surface area contributed by atoms with Gasteiger partial charge in [-0.2, -0.15) is 0 Å². The van der Waals surface area contributed by atoms with Crippen molar-refractivity contribution in [3.05, 3.63) is 23.7 Å². The fourth-order valence-corrected chi connectivity index (χ4v) is 3.06. The monoisotopic (exact) mass is 258 g/mol. The Morgan fingerprint density at radius 3 is 2.74 bits per heavy atom. The van der Waals surface area contributed by atoms with Crippen molar-refractivity contribution in [2.75, 3.05) is 0 Å². The normalized spacial score (nSPS) is 27.8. The Kier molecular flexibility index (Phi) is 3.05. The zero-order chi connectivity index (χ0) is 13.5. The maximum atomic E-state index is 6.58. The summed E-state index contributed by atoms with van der Waals surface area (Å²) in [5, 5.41) is 0. The molecule has 4 nitrogen and oxygen atoms in total. The third-order valence-corrected chi connectivity index (χ3v) is 4.53. The molecule has 3 rings (SSSR count). The maximum absolute atomic E-state index is 6.58. The first-order valence-corrected chi connectivity index (χ1v) is 7.23. The number of H-pyrrole nitrogens is 1. The van der Waals surface area contributed by atoms with Gasteiger partial charge in [0.15, 0.2) is 5.65 Å². The van der Waals surface area contributed by atoms with Gasteiger partial charge >= 0.3 is 0 Å². The van der Waals surface area contributed by atoms with E-state index in [2.05, 4.69) is 21.9 Å². The van der Waals surface area contributed by atoms with E-state index in [1.165, 1.54) is 19.3 Å². The number of aromatic nitrogens is 3. The fourth-order valence-electron chi connectivity index (χ4n) is 3.06. The number of fused-ring (bicyclic) bond motifs is 1. The first kappa shape index (κ1) is 12.6. The molecule has 0 bridgehead atoms. The molecule has 0 radical (unpaired) electrons. The Balaban J connectivity index is 1.91. The van der Waals surface area contributed by atoms with Gasteiger partial charge in [0.05, 0.1) is 11.1 Å². The molecule has 0 spiro atoms. The zero-order valence-electron chi connectivity index (χ0n) is 11.7. The summed E-state index contributed by atoms with van der Waals surface area (Å²) in [5.41, 5.74) is 9.06. The van der Waals surface area contributed by atoms with E-state index in [0.717, 1.165) is 41.4 Å². The van der Waals surface area contributed by atoms with Gasteiger partial charge in [-0.05, 0) is 50.7 Å². The Morgan fingerprint density at radius 1 is 1.32 bits per heavy atom. The van der Waals surface area contributed by atoms with Crippen LogP contribution in [0.1, 0.15) is 50.5 Å². The van der Waals surface area contributed by atoms with Crippen LogP contribution < -0.4 is 5.73 Å². The van der Waals surface area contributed by atoms with Crippen LogP contribution in [0.5, 0.6) is 0 Å². The van der Waals surface area contributed by atoms with Gasteiger partial charge < -0.3 is 10.7 Å². The predicted octanol–water partition coefficient (Wildman–Crippen LogP) is 3.02. The lowest BCUT2D eigenvalue weighted by Crippen LogP contribution is -2.41. The molecule has 0 atom stereocenters. The summed E-state index contributed by atoms with van der Waals surface area (Å²) in [4.78, 5) is 12.5. The first-order valence-electron chi connectivity index (χ1n) is 7.23. The largest absolute Gasteiger partial charge is 0.339 e. The second-order valence-corrected chi connectivity index (χ2v) is 5.92. The minimum atomic E-state index is -0.291. The summed E-state index contributed by atoms with van der Waals surface area (Å²) in [6.45, 7) is 4.25. The third kappa shape index (κ3) is 2.25. The number of rotatable bonds is 2. The molecule has 1 aliphatic rings. The average molecular weight is 258 g/mol. The number of pyridine rings is 1. The van der Waals surface area contributed by atoms with Crippen LogP contribution in [0.25, 0.3) is 11.2 Å². The molecular formula is C15H22N4. The Bertz CT molecular complexity index is 579. The quantitative estimate of drug-likeness (QED) is 0.870. The molecule has 0 amide bonds. The van der Waals surface area contributed by atoms with Crippen LogP contribution in [0, 0.1) is 12.8 Å². The van der Waals surface area contributed by atoms with Gasteiger partial charge in [0.1, 0.15) is 5.82 Å². The van der Waals surface area contributed by atoms with Crippen molar-refractivity contribution in [1.82, 2.24) is 15.0 Å². The second-order valence-electron chi connectivity index (χ2n) is 5.92. The zero-order valence-corrected chi connectivity index (χ0v) is 11.7. The molecule has 0 unspecified atom stereocenters. The second kappa shape index (κ2) is 4.60. The number of nitrogens with zero attached hydrogens (tertiary/aromatic N) is 2. The number of nitrogens with one attached hydrogen (secondary N) is 1. The van der Waals surface area contributed by atoms with Crippen molar-refractivity contribution in [3.63, 3.8) is 0 Å². The van der Waals surface area contributed by atoms with E-state index in [0.29, 0.717) is 0 Å². The van der Waals surface area contributed by atoms with Crippen LogP contribution in [0.2, 0.25) is 0 Å². The number of hydrogen-bond acceptors (Lipinski definition) is 3. The van der Waals surface area contributed by atoms with Crippen molar-refractivity contribution in [3.8, 4) is 0 Å². The van der Waals surface area contributed by atoms with Crippen molar-refractivity contribution in [2.24, 2.45) is 11.7 Å². The standard InChI is InChI=1S/C15H22N4/c1-3-11-6-8-15(16,9-7-11)14-18-12-5-4-10(2)17-13(12)19-14/h4-5,11H,3,6-9,16H2,1-2H3,(H,17,18,19). The molecule has 0 saturated heterocycles. The molecule has 1 saturated carbocycles. The highest BCUT2D eigenvalue weighted by Gasteiger charge is 2.35. The number of imidazole rings is 1. The van der Waals surface area contributed by atoms with Crippen LogP contribution in [0.15, 0.2) is 12.1 Å². The Morgan fingerprint density at radius 2 is 2.05 bits per heavy atom. The molecular weight excluding hydrogens is 236 g/mol. The summed E-state index contributed by atoms with van der Waals surface area (Å²) < 4.78 is 0. The van der Waals surface area contributed by atoms with Crippen molar-refractivity contribution in [1.29, 1.82) is 0 Å². The van der Waals surface area contributed by atoms with Crippen molar-refractivity contribution in [2.45, 2.75) is 51.5 Å². The Labute approximate surface area is 113 Å². The lowest BCUT2D eigenvalue weighted by Gasteiger charge is -2.35. The number of nitrogens with two attached hydrogens (primary N) is 1. The van der Waals surface area contributed by atoms with E-state index in [1.54, 1.807) is 0 Å². The Hall–Kier alpha value is -1.42. The number of aryl methyl sites for hydroxylation is 1. The number of hydrogen-bond donors (Lipinski definition) is 2. The van der Waals surface area contributed by atoms with Crippen LogP contribution in [-0.4, -0.2) is 15.0 Å². The molecule has 2 aromatic rings. The highest BCUT2D eigenvalue weighted by Crippen LogP contribution is 2.37. The van der Waals surface area contributed by atoms with Gasteiger partial charge in [0.25, 0.3) is 0 Å². The maximum Gasteiger partial charge on any atom is 0.178 e. The van der Waals surface area contributed by atoms with Gasteiger partial charge in [-0.3, -0.25) is 0 Å².